The number of anilines is 2. The highest BCUT2D eigenvalue weighted by Gasteiger charge is 2.20. The van der Waals surface area contributed by atoms with Crippen molar-refractivity contribution in [3.63, 3.8) is 0 Å². The van der Waals surface area contributed by atoms with Gasteiger partial charge in [0.25, 0.3) is 0 Å². The molecule has 0 aliphatic carbocycles. The van der Waals surface area contributed by atoms with Gasteiger partial charge in [-0.25, -0.2) is 9.78 Å². The number of rotatable bonds is 4. The van der Waals surface area contributed by atoms with Crippen LogP contribution in [0.25, 0.3) is 22.0 Å². The van der Waals surface area contributed by atoms with Gasteiger partial charge in [-0.15, -0.1) is 0 Å². The molecule has 1 heterocycles. The van der Waals surface area contributed by atoms with Crippen LogP contribution in [0.2, 0.25) is 0 Å². The number of ether oxygens (including phenoxy) is 2. The maximum atomic E-state index is 11.7. The number of fused-ring (bicyclic) bond motifs is 1. The standard InChI is InChI=1S/C17H16N4O4/c1-24-11-6-3-8(7-12(11)25-2)13-9(16(22)23)4-5-10-14(13)15(18)21-17(19)20-10/h3-7H,1-2H3,(H,22,23)(H4,18,19,20,21). The molecular weight excluding hydrogens is 324 g/mol. The van der Waals surface area contributed by atoms with Crippen molar-refractivity contribution in [3.8, 4) is 22.6 Å². The molecule has 0 unspecified atom stereocenters. The summed E-state index contributed by atoms with van der Waals surface area (Å²) >= 11 is 0. The first kappa shape index (κ1) is 16.3. The lowest BCUT2D eigenvalue weighted by Crippen LogP contribution is -2.06. The number of carboxylic acid groups (broad SMARTS) is 1. The molecule has 0 saturated heterocycles. The Labute approximate surface area is 143 Å². The summed E-state index contributed by atoms with van der Waals surface area (Å²) < 4.78 is 10.5. The minimum Gasteiger partial charge on any atom is -0.493 e. The van der Waals surface area contributed by atoms with Crippen molar-refractivity contribution in [2.24, 2.45) is 0 Å². The van der Waals surface area contributed by atoms with E-state index in [1.165, 1.54) is 20.3 Å². The molecule has 0 spiro atoms. The number of carbonyl (C=O) groups is 1. The average molecular weight is 340 g/mol. The summed E-state index contributed by atoms with van der Waals surface area (Å²) in [5.41, 5.74) is 13.2. The van der Waals surface area contributed by atoms with Gasteiger partial charge in [0.05, 0.1) is 30.7 Å². The molecule has 0 fully saturated rings. The van der Waals surface area contributed by atoms with Gasteiger partial charge in [0.2, 0.25) is 5.95 Å². The van der Waals surface area contributed by atoms with Gasteiger partial charge < -0.3 is 26.0 Å². The van der Waals surface area contributed by atoms with Crippen molar-refractivity contribution >= 4 is 28.6 Å². The zero-order chi connectivity index (χ0) is 18.1. The summed E-state index contributed by atoms with van der Waals surface area (Å²) in [6.07, 6.45) is 0. The molecule has 0 saturated carbocycles. The SMILES string of the molecule is COc1ccc(-c2c(C(=O)O)ccc3nc(N)nc(N)c23)cc1OC. The summed E-state index contributed by atoms with van der Waals surface area (Å²) in [4.78, 5) is 19.8. The average Bonchev–Trinajstić information content (AvgIpc) is 2.59. The second kappa shape index (κ2) is 6.16. The molecule has 8 heteroatoms. The third-order valence-corrected chi connectivity index (χ3v) is 3.81. The van der Waals surface area contributed by atoms with Gasteiger partial charge in [0, 0.05) is 5.56 Å². The van der Waals surface area contributed by atoms with E-state index < -0.39 is 5.97 Å². The molecule has 3 rings (SSSR count). The predicted molar refractivity (Wildman–Crippen MR) is 93.9 cm³/mol. The summed E-state index contributed by atoms with van der Waals surface area (Å²) in [5, 5.41) is 10.0. The molecule has 5 N–H and O–H groups in total. The summed E-state index contributed by atoms with van der Waals surface area (Å²) in [7, 11) is 3.02. The van der Waals surface area contributed by atoms with Crippen LogP contribution in [0.3, 0.4) is 0 Å². The first-order chi connectivity index (χ1) is 12.0. The number of nitrogen functional groups attached to an aromatic ring is 2. The summed E-state index contributed by atoms with van der Waals surface area (Å²) in [6.45, 7) is 0. The molecule has 0 aliphatic heterocycles. The zero-order valence-electron chi connectivity index (χ0n) is 13.6. The normalized spacial score (nSPS) is 10.6. The Morgan fingerprint density at radius 2 is 1.76 bits per heavy atom. The second-order valence-corrected chi connectivity index (χ2v) is 5.22. The highest BCUT2D eigenvalue weighted by atomic mass is 16.5. The van der Waals surface area contributed by atoms with Crippen LogP contribution in [0, 0.1) is 0 Å². The molecule has 3 aromatic rings. The molecule has 128 valence electrons. The topological polar surface area (TPSA) is 134 Å². The van der Waals surface area contributed by atoms with Crippen molar-refractivity contribution in [2.75, 3.05) is 25.7 Å². The maximum Gasteiger partial charge on any atom is 0.336 e. The number of methoxy groups -OCH3 is 2. The molecule has 0 radical (unpaired) electrons. The van der Waals surface area contributed by atoms with Crippen molar-refractivity contribution in [3.05, 3.63) is 35.9 Å². The molecule has 2 aromatic carbocycles. The Morgan fingerprint density at radius 1 is 1.04 bits per heavy atom. The van der Waals surface area contributed by atoms with Crippen LogP contribution in [0.5, 0.6) is 11.5 Å². The van der Waals surface area contributed by atoms with Crippen LogP contribution in [-0.2, 0) is 0 Å². The molecule has 0 bridgehead atoms. The number of aromatic nitrogens is 2. The highest BCUT2D eigenvalue weighted by Crippen LogP contribution is 2.38. The lowest BCUT2D eigenvalue weighted by Gasteiger charge is -2.14. The van der Waals surface area contributed by atoms with E-state index >= 15 is 0 Å². The quantitative estimate of drug-likeness (QED) is 0.658. The Balaban J connectivity index is 2.41. The molecule has 0 amide bonds. The number of nitrogens with zero attached hydrogens (tertiary/aromatic N) is 2. The number of nitrogens with two attached hydrogens (primary N) is 2. The van der Waals surface area contributed by atoms with E-state index in [1.54, 1.807) is 24.3 Å². The maximum absolute atomic E-state index is 11.7. The lowest BCUT2D eigenvalue weighted by atomic mass is 9.95. The van der Waals surface area contributed by atoms with Crippen LogP contribution in [0.15, 0.2) is 30.3 Å². The fourth-order valence-electron chi connectivity index (χ4n) is 2.74. The van der Waals surface area contributed by atoms with Gasteiger partial charge in [-0.3, -0.25) is 0 Å². The smallest absolute Gasteiger partial charge is 0.336 e. The number of hydrogen-bond acceptors (Lipinski definition) is 7. The first-order valence-corrected chi connectivity index (χ1v) is 7.27. The molecular formula is C17H16N4O4. The van der Waals surface area contributed by atoms with E-state index in [4.69, 9.17) is 20.9 Å². The molecule has 0 aliphatic rings. The lowest BCUT2D eigenvalue weighted by molar-refractivity contribution is 0.0698. The Hall–Kier alpha value is -3.55. The fourth-order valence-corrected chi connectivity index (χ4v) is 2.74. The Kier molecular flexibility index (Phi) is 4.02. The molecule has 0 atom stereocenters. The minimum absolute atomic E-state index is 0.0198. The monoisotopic (exact) mass is 340 g/mol. The second-order valence-electron chi connectivity index (χ2n) is 5.22. The number of carboxylic acids is 1. The van der Waals surface area contributed by atoms with Crippen LogP contribution in [0.1, 0.15) is 10.4 Å². The van der Waals surface area contributed by atoms with E-state index in [9.17, 15) is 9.90 Å². The van der Waals surface area contributed by atoms with Crippen LogP contribution in [0.4, 0.5) is 11.8 Å². The van der Waals surface area contributed by atoms with Crippen molar-refractivity contribution < 1.29 is 19.4 Å². The van der Waals surface area contributed by atoms with Crippen molar-refractivity contribution in [1.29, 1.82) is 0 Å². The van der Waals surface area contributed by atoms with Crippen LogP contribution >= 0.6 is 0 Å². The number of aromatic carboxylic acids is 1. The van der Waals surface area contributed by atoms with E-state index in [-0.39, 0.29) is 17.3 Å². The highest BCUT2D eigenvalue weighted by molar-refractivity contribution is 6.10. The molecule has 1 aromatic heterocycles. The van der Waals surface area contributed by atoms with Gasteiger partial charge in [-0.1, -0.05) is 6.07 Å². The van der Waals surface area contributed by atoms with Gasteiger partial charge in [-0.2, -0.15) is 4.98 Å². The third kappa shape index (κ3) is 2.74. The van der Waals surface area contributed by atoms with E-state index in [0.717, 1.165) is 0 Å². The van der Waals surface area contributed by atoms with Crippen LogP contribution in [-0.4, -0.2) is 35.3 Å². The Bertz CT molecular complexity index is 988. The minimum atomic E-state index is -1.09. The van der Waals surface area contributed by atoms with Gasteiger partial charge in [0.1, 0.15) is 5.82 Å². The molecule has 8 nitrogen and oxygen atoms in total. The summed E-state index contributed by atoms with van der Waals surface area (Å²) in [6, 6.07) is 8.10. The van der Waals surface area contributed by atoms with E-state index in [1.807, 2.05) is 0 Å². The fraction of sp³-hybridized carbons (Fsp3) is 0.118. The molecule has 25 heavy (non-hydrogen) atoms. The summed E-state index contributed by atoms with van der Waals surface area (Å²) in [5.74, 6) is 0.0183. The number of benzene rings is 2. The van der Waals surface area contributed by atoms with Gasteiger partial charge in [0.15, 0.2) is 11.5 Å². The third-order valence-electron chi connectivity index (χ3n) is 3.81. The first-order valence-electron chi connectivity index (χ1n) is 7.27. The number of hydrogen-bond donors (Lipinski definition) is 3. The van der Waals surface area contributed by atoms with Crippen molar-refractivity contribution in [1.82, 2.24) is 9.97 Å². The predicted octanol–water partition coefficient (Wildman–Crippen LogP) is 2.18. The van der Waals surface area contributed by atoms with Crippen molar-refractivity contribution in [2.45, 2.75) is 0 Å². The van der Waals surface area contributed by atoms with Crippen LogP contribution < -0.4 is 20.9 Å². The Morgan fingerprint density at radius 3 is 2.40 bits per heavy atom. The van der Waals surface area contributed by atoms with Gasteiger partial charge in [-0.05, 0) is 29.8 Å². The zero-order valence-corrected chi connectivity index (χ0v) is 13.6. The van der Waals surface area contributed by atoms with E-state index in [0.29, 0.717) is 33.5 Å². The van der Waals surface area contributed by atoms with E-state index in [2.05, 4.69) is 9.97 Å². The van der Waals surface area contributed by atoms with Gasteiger partial charge >= 0.3 is 5.97 Å². The largest absolute Gasteiger partial charge is 0.493 e.